The molecule has 0 saturated carbocycles. The van der Waals surface area contributed by atoms with Crippen LogP contribution in [0.3, 0.4) is 0 Å². The second-order valence-electron chi connectivity index (χ2n) is 10.2. The Balaban J connectivity index is 1.44. The quantitative estimate of drug-likeness (QED) is 0.394. The second kappa shape index (κ2) is 13.2. The third kappa shape index (κ3) is 6.97. The van der Waals surface area contributed by atoms with E-state index in [2.05, 4.69) is 79.1 Å². The van der Waals surface area contributed by atoms with E-state index in [0.29, 0.717) is 24.2 Å². The number of fused-ring (bicyclic) bond motifs is 1. The average Bonchev–Trinajstić information content (AvgIpc) is 2.94. The highest BCUT2D eigenvalue weighted by atomic mass is 16.5. The molecule has 5 heteroatoms. The molecule has 2 unspecified atom stereocenters. The number of phenolic OH excluding ortho intramolecular Hbond substituents is 1. The Kier molecular flexibility index (Phi) is 9.70. The van der Waals surface area contributed by atoms with Crippen molar-refractivity contribution in [3.05, 3.63) is 83.1 Å². The summed E-state index contributed by atoms with van der Waals surface area (Å²) >= 11 is 0. The van der Waals surface area contributed by atoms with Crippen LogP contribution in [0.15, 0.2) is 66.5 Å². The summed E-state index contributed by atoms with van der Waals surface area (Å²) in [5.74, 6) is 3.23. The molecule has 2 aliphatic rings. The summed E-state index contributed by atoms with van der Waals surface area (Å²) in [6.45, 7) is 12.3. The van der Waals surface area contributed by atoms with E-state index in [0.717, 1.165) is 63.5 Å². The van der Waals surface area contributed by atoms with Crippen LogP contribution in [0.4, 0.5) is 0 Å². The summed E-state index contributed by atoms with van der Waals surface area (Å²) in [6, 6.07) is 14.8. The van der Waals surface area contributed by atoms with E-state index in [1.54, 1.807) is 7.11 Å². The molecule has 3 atom stereocenters. The summed E-state index contributed by atoms with van der Waals surface area (Å²) in [4.78, 5) is 4.94. The molecule has 0 amide bonds. The lowest BCUT2D eigenvalue weighted by atomic mass is 9.72. The van der Waals surface area contributed by atoms with Gasteiger partial charge in [-0.25, -0.2) is 0 Å². The molecule has 0 aromatic heterocycles. The molecular formula is C32H44N2O3. The second-order valence-corrected chi connectivity index (χ2v) is 10.2. The van der Waals surface area contributed by atoms with Gasteiger partial charge in [0.25, 0.3) is 0 Å². The third-order valence-corrected chi connectivity index (χ3v) is 8.16. The SMILES string of the molecule is CCN(CC)CCOc1ccc(CN(CC)C2C=C(OC)C=CC2[C@@H]2CCc3cc(O)ccc3C2)cc1. The van der Waals surface area contributed by atoms with Gasteiger partial charge < -0.3 is 19.5 Å². The number of hydrogen-bond acceptors (Lipinski definition) is 5. The van der Waals surface area contributed by atoms with Gasteiger partial charge in [-0.15, -0.1) is 0 Å². The van der Waals surface area contributed by atoms with Crippen molar-refractivity contribution in [2.45, 2.75) is 52.6 Å². The van der Waals surface area contributed by atoms with E-state index in [9.17, 15) is 5.11 Å². The van der Waals surface area contributed by atoms with Gasteiger partial charge in [0, 0.05) is 19.1 Å². The van der Waals surface area contributed by atoms with Gasteiger partial charge in [0.15, 0.2) is 0 Å². The maximum absolute atomic E-state index is 9.90. The summed E-state index contributed by atoms with van der Waals surface area (Å²) in [6.07, 6.45) is 10.0. The molecule has 37 heavy (non-hydrogen) atoms. The fourth-order valence-electron chi connectivity index (χ4n) is 5.86. The van der Waals surface area contributed by atoms with Crippen LogP contribution in [0.2, 0.25) is 0 Å². The highest BCUT2D eigenvalue weighted by Crippen LogP contribution is 2.38. The average molecular weight is 505 g/mol. The van der Waals surface area contributed by atoms with Crippen LogP contribution in [-0.4, -0.2) is 60.8 Å². The first kappa shape index (κ1) is 27.3. The fourth-order valence-corrected chi connectivity index (χ4v) is 5.86. The van der Waals surface area contributed by atoms with E-state index < -0.39 is 0 Å². The van der Waals surface area contributed by atoms with Gasteiger partial charge >= 0.3 is 0 Å². The molecule has 0 saturated heterocycles. The van der Waals surface area contributed by atoms with Crippen LogP contribution in [0.25, 0.3) is 0 Å². The number of allylic oxidation sites excluding steroid dienone is 1. The van der Waals surface area contributed by atoms with Crippen molar-refractivity contribution in [2.75, 3.05) is 39.9 Å². The van der Waals surface area contributed by atoms with Crippen molar-refractivity contribution < 1.29 is 14.6 Å². The number of methoxy groups -OCH3 is 1. The number of likely N-dealkylation sites (N-methyl/N-ethyl adjacent to an activating group) is 2. The topological polar surface area (TPSA) is 45.2 Å². The van der Waals surface area contributed by atoms with Gasteiger partial charge in [-0.05, 0) is 104 Å². The molecule has 4 rings (SSSR count). The smallest absolute Gasteiger partial charge is 0.119 e. The molecule has 0 fully saturated rings. The molecule has 2 aliphatic carbocycles. The predicted molar refractivity (Wildman–Crippen MR) is 151 cm³/mol. The molecule has 2 aromatic carbocycles. The zero-order valence-electron chi connectivity index (χ0n) is 23.0. The number of benzene rings is 2. The number of hydrogen-bond donors (Lipinski definition) is 1. The highest BCUT2D eigenvalue weighted by Gasteiger charge is 2.34. The van der Waals surface area contributed by atoms with Crippen LogP contribution in [-0.2, 0) is 24.1 Å². The molecule has 0 spiro atoms. The van der Waals surface area contributed by atoms with E-state index in [-0.39, 0.29) is 6.04 Å². The first-order chi connectivity index (χ1) is 18.0. The summed E-state index contributed by atoms with van der Waals surface area (Å²) in [5, 5.41) is 9.90. The minimum absolute atomic E-state index is 0.276. The van der Waals surface area contributed by atoms with Crippen molar-refractivity contribution in [3.8, 4) is 11.5 Å². The molecule has 0 aliphatic heterocycles. The van der Waals surface area contributed by atoms with Gasteiger partial charge in [0.1, 0.15) is 23.9 Å². The van der Waals surface area contributed by atoms with E-state index >= 15 is 0 Å². The summed E-state index contributed by atoms with van der Waals surface area (Å²) < 4.78 is 11.7. The van der Waals surface area contributed by atoms with Gasteiger partial charge in [0.05, 0.1) is 7.11 Å². The lowest BCUT2D eigenvalue weighted by Crippen LogP contribution is -2.43. The van der Waals surface area contributed by atoms with E-state index in [1.165, 1.54) is 16.7 Å². The first-order valence-corrected chi connectivity index (χ1v) is 14.0. The Labute approximate surface area is 223 Å². The Morgan fingerprint density at radius 3 is 2.46 bits per heavy atom. The predicted octanol–water partition coefficient (Wildman–Crippen LogP) is 5.82. The van der Waals surface area contributed by atoms with Crippen molar-refractivity contribution in [1.29, 1.82) is 0 Å². The molecule has 5 nitrogen and oxygen atoms in total. The van der Waals surface area contributed by atoms with Crippen molar-refractivity contribution in [2.24, 2.45) is 11.8 Å². The number of phenols is 1. The Hall–Kier alpha value is -2.76. The number of nitrogens with zero attached hydrogens (tertiary/aromatic N) is 2. The van der Waals surface area contributed by atoms with Crippen molar-refractivity contribution in [3.63, 3.8) is 0 Å². The van der Waals surface area contributed by atoms with Crippen LogP contribution in [0.1, 0.15) is 43.9 Å². The van der Waals surface area contributed by atoms with Crippen molar-refractivity contribution in [1.82, 2.24) is 9.80 Å². The van der Waals surface area contributed by atoms with Crippen LogP contribution in [0.5, 0.6) is 11.5 Å². The van der Waals surface area contributed by atoms with E-state index in [1.807, 2.05) is 12.1 Å². The summed E-state index contributed by atoms with van der Waals surface area (Å²) in [5.41, 5.74) is 3.97. The molecular weight excluding hydrogens is 460 g/mol. The number of ether oxygens (including phenoxy) is 2. The third-order valence-electron chi connectivity index (χ3n) is 8.16. The molecule has 1 N–H and O–H groups in total. The van der Waals surface area contributed by atoms with Crippen LogP contribution < -0.4 is 4.74 Å². The van der Waals surface area contributed by atoms with Crippen LogP contribution >= 0.6 is 0 Å². The van der Waals surface area contributed by atoms with Crippen molar-refractivity contribution >= 4 is 0 Å². The van der Waals surface area contributed by atoms with Gasteiger partial charge in [-0.1, -0.05) is 45.0 Å². The fraction of sp³-hybridized carbons (Fsp3) is 0.500. The number of aromatic hydroxyl groups is 1. The molecule has 2 aromatic rings. The Morgan fingerprint density at radius 2 is 1.76 bits per heavy atom. The molecule has 0 bridgehead atoms. The van der Waals surface area contributed by atoms with Gasteiger partial charge in [-0.3, -0.25) is 4.90 Å². The standard InChI is InChI=1S/C32H44N2O3/c1-5-33(6-2)18-19-37-29-14-8-24(9-15-29)23-34(7-3)32-22-30(36-4)16-17-31(32)27-11-10-26-21-28(35)13-12-25(26)20-27/h8-9,12-17,21-22,27,31-32,35H,5-7,10-11,18-20,23H2,1-4H3/t27-,31?,32?/m1/s1. The zero-order valence-corrected chi connectivity index (χ0v) is 23.0. The lowest BCUT2D eigenvalue weighted by Gasteiger charge is -2.41. The van der Waals surface area contributed by atoms with Gasteiger partial charge in [0.2, 0.25) is 0 Å². The van der Waals surface area contributed by atoms with Crippen LogP contribution in [0, 0.1) is 11.8 Å². The summed E-state index contributed by atoms with van der Waals surface area (Å²) in [7, 11) is 1.76. The highest BCUT2D eigenvalue weighted by molar-refractivity contribution is 5.37. The number of rotatable bonds is 12. The maximum atomic E-state index is 9.90. The minimum Gasteiger partial charge on any atom is -0.508 e. The zero-order chi connectivity index (χ0) is 26.2. The molecule has 0 heterocycles. The normalized spacial score (nSPS) is 21.1. The largest absolute Gasteiger partial charge is 0.508 e. The maximum Gasteiger partial charge on any atom is 0.119 e. The Bertz CT molecular complexity index is 1060. The lowest BCUT2D eigenvalue weighted by molar-refractivity contribution is 0.147. The first-order valence-electron chi connectivity index (χ1n) is 14.0. The molecule has 200 valence electrons. The van der Waals surface area contributed by atoms with Gasteiger partial charge in [-0.2, -0.15) is 0 Å². The van der Waals surface area contributed by atoms with E-state index in [4.69, 9.17) is 9.47 Å². The Morgan fingerprint density at radius 1 is 0.973 bits per heavy atom. The molecule has 0 radical (unpaired) electrons. The minimum atomic E-state index is 0.276. The monoisotopic (exact) mass is 504 g/mol. The number of aryl methyl sites for hydroxylation is 1.